The molecule has 0 radical (unpaired) electrons. The summed E-state index contributed by atoms with van der Waals surface area (Å²) in [5, 5.41) is 7.33. The molecular formula is C26H30F3N5O. The maximum absolute atomic E-state index is 13.4. The van der Waals surface area contributed by atoms with Crippen LogP contribution in [-0.2, 0) is 13.2 Å². The first-order valence-corrected chi connectivity index (χ1v) is 11.5. The van der Waals surface area contributed by atoms with Crippen molar-refractivity contribution in [3.05, 3.63) is 65.2 Å². The number of hydrogen-bond donors (Lipinski definition) is 1. The van der Waals surface area contributed by atoms with Crippen LogP contribution in [0.5, 0.6) is 5.75 Å². The molecule has 1 aliphatic heterocycles. The van der Waals surface area contributed by atoms with E-state index in [0.29, 0.717) is 12.5 Å². The molecule has 6 nitrogen and oxygen atoms in total. The van der Waals surface area contributed by atoms with E-state index in [4.69, 9.17) is 4.74 Å². The number of aromatic nitrogens is 3. The molecule has 0 aliphatic carbocycles. The van der Waals surface area contributed by atoms with Gasteiger partial charge < -0.3 is 15.0 Å². The van der Waals surface area contributed by atoms with Gasteiger partial charge in [0.1, 0.15) is 5.75 Å². The van der Waals surface area contributed by atoms with Crippen molar-refractivity contribution in [2.75, 3.05) is 30.4 Å². The average molecular weight is 486 g/mol. The van der Waals surface area contributed by atoms with Crippen LogP contribution in [0.2, 0.25) is 0 Å². The molecule has 2 heterocycles. The molecule has 1 aliphatic rings. The number of benzene rings is 2. The van der Waals surface area contributed by atoms with Gasteiger partial charge >= 0.3 is 6.18 Å². The summed E-state index contributed by atoms with van der Waals surface area (Å²) in [5.74, 6) is 1.58. The molecule has 9 heteroatoms. The number of anilines is 3. The lowest BCUT2D eigenvalue weighted by molar-refractivity contribution is -0.136. The Morgan fingerprint density at radius 1 is 1.09 bits per heavy atom. The van der Waals surface area contributed by atoms with Gasteiger partial charge in [-0.1, -0.05) is 49.8 Å². The van der Waals surface area contributed by atoms with Gasteiger partial charge in [0.15, 0.2) is 0 Å². The van der Waals surface area contributed by atoms with Crippen LogP contribution in [0, 0.1) is 5.41 Å². The predicted molar refractivity (Wildman–Crippen MR) is 132 cm³/mol. The number of halogens is 3. The molecule has 3 aromatic rings. The van der Waals surface area contributed by atoms with Gasteiger partial charge in [-0.2, -0.15) is 18.2 Å². The van der Waals surface area contributed by atoms with E-state index in [0.717, 1.165) is 36.8 Å². The summed E-state index contributed by atoms with van der Waals surface area (Å²) < 4.78 is 47.0. The summed E-state index contributed by atoms with van der Waals surface area (Å²) >= 11 is 0. The highest BCUT2D eigenvalue weighted by atomic mass is 19.4. The van der Waals surface area contributed by atoms with Gasteiger partial charge in [-0.3, -0.25) is 0 Å². The van der Waals surface area contributed by atoms with E-state index in [1.165, 1.54) is 22.4 Å². The van der Waals surface area contributed by atoms with Gasteiger partial charge in [0, 0.05) is 25.6 Å². The monoisotopic (exact) mass is 485 g/mol. The van der Waals surface area contributed by atoms with Crippen LogP contribution >= 0.6 is 0 Å². The van der Waals surface area contributed by atoms with Crippen LogP contribution < -0.4 is 15.0 Å². The Hall–Kier alpha value is -3.49. The van der Waals surface area contributed by atoms with Crippen molar-refractivity contribution in [3.63, 3.8) is 0 Å². The minimum atomic E-state index is -4.47. The summed E-state index contributed by atoms with van der Waals surface area (Å²) in [7, 11) is 3.32. The maximum atomic E-state index is 13.4. The van der Waals surface area contributed by atoms with Crippen molar-refractivity contribution in [2.24, 2.45) is 12.5 Å². The van der Waals surface area contributed by atoms with Gasteiger partial charge in [-0.15, -0.1) is 5.10 Å². The minimum Gasteiger partial charge on any atom is -0.497 e. The zero-order chi connectivity index (χ0) is 25.2. The van der Waals surface area contributed by atoms with Gasteiger partial charge in [0.25, 0.3) is 0 Å². The Bertz CT molecular complexity index is 1200. The molecule has 2 aromatic carbocycles. The van der Waals surface area contributed by atoms with Crippen LogP contribution in [0.4, 0.5) is 30.8 Å². The molecule has 0 unspecified atom stereocenters. The second kappa shape index (κ2) is 9.64. The standard InChI is InChI=1S/C26H30F3N5O/c1-25(2)17-34(15-7-8-19(25)16-18-11-13-20(35-4)14-12-18)24-31-23(33(3)32-24)30-22-10-6-5-9-21(22)26(27,28)29/h5-6,9-14,16H,7-8,15,17H2,1-4H3,(H,30,31,32)/b19-16-. The number of rotatable bonds is 5. The second-order valence-corrected chi connectivity index (χ2v) is 9.38. The van der Waals surface area contributed by atoms with Crippen molar-refractivity contribution in [2.45, 2.75) is 32.9 Å². The van der Waals surface area contributed by atoms with Gasteiger partial charge in [-0.25, -0.2) is 4.68 Å². The minimum absolute atomic E-state index is 0.0528. The average Bonchev–Trinajstić information content (AvgIpc) is 3.09. The van der Waals surface area contributed by atoms with E-state index in [-0.39, 0.29) is 17.1 Å². The van der Waals surface area contributed by atoms with E-state index >= 15 is 0 Å². The number of nitrogens with zero attached hydrogens (tertiary/aromatic N) is 4. The third kappa shape index (κ3) is 5.61. The lowest BCUT2D eigenvalue weighted by atomic mass is 9.81. The first kappa shape index (κ1) is 24.6. The Labute approximate surface area is 203 Å². The van der Waals surface area contributed by atoms with Crippen LogP contribution in [0.3, 0.4) is 0 Å². The van der Waals surface area contributed by atoms with Gasteiger partial charge in [0.2, 0.25) is 11.9 Å². The van der Waals surface area contributed by atoms with E-state index in [2.05, 4.69) is 40.2 Å². The molecule has 0 bridgehead atoms. The van der Waals surface area contributed by atoms with Crippen LogP contribution in [0.25, 0.3) is 6.08 Å². The lowest BCUT2D eigenvalue weighted by Crippen LogP contribution is -2.34. The number of alkyl halides is 3. The summed E-state index contributed by atoms with van der Waals surface area (Å²) in [6.07, 6.45) is -0.377. The second-order valence-electron chi connectivity index (χ2n) is 9.38. The van der Waals surface area contributed by atoms with Crippen molar-refractivity contribution >= 4 is 23.7 Å². The topological polar surface area (TPSA) is 55.2 Å². The molecule has 1 aromatic heterocycles. The third-order valence-corrected chi connectivity index (χ3v) is 6.30. The first-order valence-electron chi connectivity index (χ1n) is 11.5. The molecule has 1 N–H and O–H groups in total. The normalized spacial score (nSPS) is 17.3. The molecular weight excluding hydrogens is 455 g/mol. The molecule has 0 spiro atoms. The number of para-hydroxylation sites is 1. The smallest absolute Gasteiger partial charge is 0.418 e. The molecule has 0 atom stereocenters. The Morgan fingerprint density at radius 2 is 1.80 bits per heavy atom. The van der Waals surface area contributed by atoms with E-state index in [9.17, 15) is 13.2 Å². The molecule has 186 valence electrons. The largest absolute Gasteiger partial charge is 0.497 e. The van der Waals surface area contributed by atoms with E-state index < -0.39 is 11.7 Å². The number of aryl methyl sites for hydroxylation is 1. The fourth-order valence-electron chi connectivity index (χ4n) is 4.37. The molecule has 35 heavy (non-hydrogen) atoms. The van der Waals surface area contributed by atoms with Crippen LogP contribution in [-0.4, -0.2) is 35.0 Å². The Balaban J connectivity index is 1.55. The number of nitrogens with one attached hydrogen (secondary N) is 1. The highest BCUT2D eigenvalue weighted by Crippen LogP contribution is 2.38. The molecule has 1 fully saturated rings. The SMILES string of the molecule is COc1ccc(/C=C2/CCCN(c3nc(Nc4ccccc4C(F)(F)F)n(C)n3)CC2(C)C)cc1. The zero-order valence-corrected chi connectivity index (χ0v) is 20.4. The maximum Gasteiger partial charge on any atom is 0.418 e. The third-order valence-electron chi connectivity index (χ3n) is 6.30. The highest BCUT2D eigenvalue weighted by molar-refractivity contribution is 5.61. The fourth-order valence-corrected chi connectivity index (χ4v) is 4.37. The number of ether oxygens (including phenoxy) is 1. The number of methoxy groups -OCH3 is 1. The molecule has 0 saturated carbocycles. The summed E-state index contributed by atoms with van der Waals surface area (Å²) in [6.45, 7) is 5.84. The summed E-state index contributed by atoms with van der Waals surface area (Å²) in [6, 6.07) is 13.4. The van der Waals surface area contributed by atoms with E-state index in [1.807, 2.05) is 24.3 Å². The van der Waals surface area contributed by atoms with Crippen molar-refractivity contribution in [3.8, 4) is 5.75 Å². The van der Waals surface area contributed by atoms with Gasteiger partial charge in [-0.05, 0) is 42.7 Å². The Kier molecular flexibility index (Phi) is 6.78. The zero-order valence-electron chi connectivity index (χ0n) is 20.4. The van der Waals surface area contributed by atoms with Crippen molar-refractivity contribution < 1.29 is 17.9 Å². The van der Waals surface area contributed by atoms with Crippen molar-refractivity contribution in [1.29, 1.82) is 0 Å². The van der Waals surface area contributed by atoms with Crippen LogP contribution in [0.15, 0.2) is 54.1 Å². The highest BCUT2D eigenvalue weighted by Gasteiger charge is 2.34. The summed E-state index contributed by atoms with van der Waals surface area (Å²) in [4.78, 5) is 6.66. The van der Waals surface area contributed by atoms with Gasteiger partial charge in [0.05, 0.1) is 18.4 Å². The quantitative estimate of drug-likeness (QED) is 0.460. The fraction of sp³-hybridized carbons (Fsp3) is 0.385. The molecule has 4 rings (SSSR count). The predicted octanol–water partition coefficient (Wildman–Crippen LogP) is 6.30. The van der Waals surface area contributed by atoms with Crippen molar-refractivity contribution in [1.82, 2.24) is 14.8 Å². The molecule has 0 amide bonds. The molecule has 1 saturated heterocycles. The summed E-state index contributed by atoms with van der Waals surface area (Å²) in [5.41, 5.74) is 1.51. The lowest BCUT2D eigenvalue weighted by Gasteiger charge is -2.30. The van der Waals surface area contributed by atoms with E-state index in [1.54, 1.807) is 20.2 Å². The first-order chi connectivity index (χ1) is 16.6. The van der Waals surface area contributed by atoms with Crippen LogP contribution in [0.1, 0.15) is 37.8 Å². The Morgan fingerprint density at radius 3 is 2.49 bits per heavy atom. The number of hydrogen-bond acceptors (Lipinski definition) is 5.